The van der Waals surface area contributed by atoms with E-state index in [2.05, 4.69) is 16.8 Å². The first-order chi connectivity index (χ1) is 11.2. The predicted molar refractivity (Wildman–Crippen MR) is 90.6 cm³/mol. The van der Waals surface area contributed by atoms with E-state index < -0.39 is 6.10 Å². The van der Waals surface area contributed by atoms with Gasteiger partial charge in [-0.25, -0.2) is 0 Å². The Morgan fingerprint density at radius 3 is 3.09 bits per heavy atom. The second-order valence-corrected chi connectivity index (χ2v) is 6.52. The third-order valence-corrected chi connectivity index (χ3v) is 4.85. The number of piperidine rings is 1. The highest BCUT2D eigenvalue weighted by molar-refractivity contribution is 5.85. The molecule has 1 fully saturated rings. The Labute approximate surface area is 136 Å². The van der Waals surface area contributed by atoms with Crippen molar-refractivity contribution in [2.24, 2.45) is 5.92 Å². The zero-order valence-electron chi connectivity index (χ0n) is 13.6. The Hall–Kier alpha value is -1.56. The number of fused-ring (bicyclic) bond motifs is 1. The first-order valence-corrected chi connectivity index (χ1v) is 8.41. The number of hydrogen-bond donors (Lipinski definition) is 3. The molecule has 1 aromatic carbocycles. The number of aromatic amines is 1. The monoisotopic (exact) mass is 318 g/mol. The van der Waals surface area contributed by atoms with Crippen molar-refractivity contribution in [2.75, 3.05) is 26.3 Å². The molecule has 0 amide bonds. The van der Waals surface area contributed by atoms with Crippen LogP contribution in [0, 0.1) is 5.92 Å². The molecule has 23 heavy (non-hydrogen) atoms. The van der Waals surface area contributed by atoms with Crippen molar-refractivity contribution in [2.45, 2.75) is 31.9 Å². The third kappa shape index (κ3) is 3.68. The third-order valence-electron chi connectivity index (χ3n) is 4.85. The summed E-state index contributed by atoms with van der Waals surface area (Å²) in [6.45, 7) is 4.05. The topological polar surface area (TPSA) is 68.7 Å². The molecule has 5 nitrogen and oxygen atoms in total. The Bertz CT molecular complexity index is 628. The number of nitrogens with one attached hydrogen (secondary N) is 1. The van der Waals surface area contributed by atoms with Crippen LogP contribution in [0.4, 0.5) is 0 Å². The first kappa shape index (κ1) is 16.3. The number of likely N-dealkylation sites (tertiary alicyclic amines) is 1. The van der Waals surface area contributed by atoms with Crippen LogP contribution in [0.5, 0.6) is 5.75 Å². The second-order valence-electron chi connectivity index (χ2n) is 6.52. The van der Waals surface area contributed by atoms with Crippen LogP contribution in [0.3, 0.4) is 0 Å². The van der Waals surface area contributed by atoms with Gasteiger partial charge in [0, 0.05) is 29.7 Å². The molecule has 3 rings (SSSR count). The molecule has 0 radical (unpaired) electrons. The quantitative estimate of drug-likeness (QED) is 0.762. The number of ether oxygens (including phenoxy) is 1. The number of H-pyrrole nitrogens is 1. The van der Waals surface area contributed by atoms with Crippen LogP contribution in [0.1, 0.15) is 19.8 Å². The summed E-state index contributed by atoms with van der Waals surface area (Å²) in [5.74, 6) is 1.25. The maximum absolute atomic E-state index is 10.3. The van der Waals surface area contributed by atoms with Crippen LogP contribution in [0.2, 0.25) is 0 Å². The van der Waals surface area contributed by atoms with Gasteiger partial charge >= 0.3 is 0 Å². The highest BCUT2D eigenvalue weighted by atomic mass is 16.5. The fourth-order valence-corrected chi connectivity index (χ4v) is 3.55. The molecule has 0 saturated carbocycles. The van der Waals surface area contributed by atoms with Gasteiger partial charge in [-0.15, -0.1) is 0 Å². The lowest BCUT2D eigenvalue weighted by Crippen LogP contribution is -2.50. The van der Waals surface area contributed by atoms with Gasteiger partial charge in [0.2, 0.25) is 0 Å². The molecule has 5 heteroatoms. The van der Waals surface area contributed by atoms with E-state index in [4.69, 9.17) is 4.74 Å². The van der Waals surface area contributed by atoms with Crippen molar-refractivity contribution in [3.8, 4) is 5.75 Å². The van der Waals surface area contributed by atoms with Crippen LogP contribution >= 0.6 is 0 Å². The van der Waals surface area contributed by atoms with Gasteiger partial charge in [0.05, 0.1) is 6.61 Å². The predicted octanol–water partition coefficient (Wildman–Crippen LogP) is 2.00. The summed E-state index contributed by atoms with van der Waals surface area (Å²) in [5.41, 5.74) is 1.03. The number of aliphatic hydroxyl groups is 2. The van der Waals surface area contributed by atoms with Crippen LogP contribution in [0.15, 0.2) is 30.5 Å². The van der Waals surface area contributed by atoms with E-state index in [9.17, 15) is 10.2 Å². The van der Waals surface area contributed by atoms with Crippen molar-refractivity contribution in [1.29, 1.82) is 0 Å². The number of benzene rings is 1. The van der Waals surface area contributed by atoms with Crippen LogP contribution in [-0.4, -0.2) is 58.5 Å². The molecule has 3 N–H and O–H groups in total. The summed E-state index contributed by atoms with van der Waals surface area (Å²) in [7, 11) is 0. The lowest BCUT2D eigenvalue weighted by molar-refractivity contribution is 0.00395. The molecule has 1 aliphatic heterocycles. The largest absolute Gasteiger partial charge is 0.490 e. The number of hydrogen-bond acceptors (Lipinski definition) is 4. The maximum Gasteiger partial charge on any atom is 0.128 e. The minimum atomic E-state index is -0.566. The fraction of sp³-hybridized carbons (Fsp3) is 0.556. The number of rotatable bonds is 6. The van der Waals surface area contributed by atoms with E-state index in [-0.39, 0.29) is 19.3 Å². The molecule has 0 aliphatic carbocycles. The first-order valence-electron chi connectivity index (χ1n) is 8.41. The van der Waals surface area contributed by atoms with Gasteiger partial charge in [-0.2, -0.15) is 0 Å². The van der Waals surface area contributed by atoms with Gasteiger partial charge in [-0.3, -0.25) is 4.90 Å². The lowest BCUT2D eigenvalue weighted by Gasteiger charge is -2.39. The van der Waals surface area contributed by atoms with Gasteiger partial charge in [0.25, 0.3) is 0 Å². The van der Waals surface area contributed by atoms with Crippen molar-refractivity contribution in [3.05, 3.63) is 30.5 Å². The zero-order chi connectivity index (χ0) is 16.2. The van der Waals surface area contributed by atoms with Crippen molar-refractivity contribution in [1.82, 2.24) is 9.88 Å². The summed E-state index contributed by atoms with van der Waals surface area (Å²) in [4.78, 5) is 5.35. The number of aromatic nitrogens is 1. The summed E-state index contributed by atoms with van der Waals surface area (Å²) in [6.07, 6.45) is 3.58. The highest BCUT2D eigenvalue weighted by Crippen LogP contribution is 2.25. The van der Waals surface area contributed by atoms with Gasteiger partial charge in [0.15, 0.2) is 0 Å². The standard InChI is InChI=1S/C18H26N2O3/c1-13-4-3-9-20(17(13)11-21)10-14(22)12-23-18-6-2-5-16-15(18)7-8-19-16/h2,5-8,13-14,17,19,21-22H,3-4,9-12H2,1H3. The summed E-state index contributed by atoms with van der Waals surface area (Å²) in [6, 6.07) is 7.98. The van der Waals surface area contributed by atoms with Gasteiger partial charge < -0.3 is 19.9 Å². The molecular formula is C18H26N2O3. The number of aliphatic hydroxyl groups excluding tert-OH is 2. The lowest BCUT2D eigenvalue weighted by atomic mass is 9.91. The molecule has 2 aromatic rings. The maximum atomic E-state index is 10.3. The van der Waals surface area contributed by atoms with E-state index in [0.29, 0.717) is 12.5 Å². The van der Waals surface area contributed by atoms with Crippen molar-refractivity contribution >= 4 is 10.9 Å². The average molecular weight is 318 g/mol. The summed E-state index contributed by atoms with van der Waals surface area (Å²) >= 11 is 0. The number of nitrogens with zero attached hydrogens (tertiary/aromatic N) is 1. The number of β-amino-alcohol motifs (C(OH)–C–C–N with tert-alkyl or cyclic N) is 1. The van der Waals surface area contributed by atoms with E-state index in [1.165, 1.54) is 0 Å². The Balaban J connectivity index is 1.57. The molecule has 0 spiro atoms. The van der Waals surface area contributed by atoms with E-state index in [1.54, 1.807) is 0 Å². The van der Waals surface area contributed by atoms with E-state index in [0.717, 1.165) is 36.0 Å². The molecule has 3 atom stereocenters. The molecule has 1 aromatic heterocycles. The Morgan fingerprint density at radius 2 is 2.26 bits per heavy atom. The molecule has 0 bridgehead atoms. The van der Waals surface area contributed by atoms with Crippen LogP contribution in [0.25, 0.3) is 10.9 Å². The molecule has 2 heterocycles. The minimum absolute atomic E-state index is 0.145. The fourth-order valence-electron chi connectivity index (χ4n) is 3.55. The minimum Gasteiger partial charge on any atom is -0.490 e. The van der Waals surface area contributed by atoms with Crippen molar-refractivity contribution < 1.29 is 14.9 Å². The second kappa shape index (κ2) is 7.34. The van der Waals surface area contributed by atoms with Gasteiger partial charge in [0.1, 0.15) is 18.5 Å². The highest BCUT2D eigenvalue weighted by Gasteiger charge is 2.29. The van der Waals surface area contributed by atoms with E-state index >= 15 is 0 Å². The summed E-state index contributed by atoms with van der Waals surface area (Å²) in [5, 5.41) is 20.9. The van der Waals surface area contributed by atoms with Crippen LogP contribution < -0.4 is 4.74 Å². The molecule has 3 unspecified atom stereocenters. The zero-order valence-corrected chi connectivity index (χ0v) is 13.6. The average Bonchev–Trinajstić information content (AvgIpc) is 3.02. The smallest absolute Gasteiger partial charge is 0.128 e. The summed E-state index contributed by atoms with van der Waals surface area (Å²) < 4.78 is 5.82. The Morgan fingerprint density at radius 1 is 1.39 bits per heavy atom. The van der Waals surface area contributed by atoms with Crippen LogP contribution in [-0.2, 0) is 0 Å². The SMILES string of the molecule is CC1CCCN(CC(O)COc2cccc3[nH]ccc23)C1CO. The Kier molecular flexibility index (Phi) is 5.20. The van der Waals surface area contributed by atoms with Gasteiger partial charge in [-0.1, -0.05) is 13.0 Å². The molecule has 126 valence electrons. The van der Waals surface area contributed by atoms with Crippen molar-refractivity contribution in [3.63, 3.8) is 0 Å². The van der Waals surface area contributed by atoms with E-state index in [1.807, 2.05) is 30.5 Å². The molecular weight excluding hydrogens is 292 g/mol. The molecule has 1 saturated heterocycles. The molecule has 1 aliphatic rings. The van der Waals surface area contributed by atoms with Gasteiger partial charge in [-0.05, 0) is 43.5 Å². The normalized spacial score (nSPS) is 24.0.